The van der Waals surface area contributed by atoms with Crippen LogP contribution in [0.5, 0.6) is 0 Å². The zero-order valence-corrected chi connectivity index (χ0v) is 9.89. The van der Waals surface area contributed by atoms with Crippen LogP contribution in [-0.4, -0.2) is 36.0 Å². The Bertz CT molecular complexity index is 409. The molecule has 1 aromatic heterocycles. The topological polar surface area (TPSA) is 84.1 Å². The summed E-state index contributed by atoms with van der Waals surface area (Å²) in [5, 5.41) is 2.70. The van der Waals surface area contributed by atoms with Crippen molar-refractivity contribution in [2.24, 2.45) is 5.92 Å². The third kappa shape index (κ3) is 2.64. The van der Waals surface area contributed by atoms with Crippen LogP contribution >= 0.6 is 0 Å². The van der Waals surface area contributed by atoms with Crippen molar-refractivity contribution >= 4 is 17.5 Å². The highest BCUT2D eigenvalue weighted by Gasteiger charge is 2.25. The maximum atomic E-state index is 11.6. The quantitative estimate of drug-likeness (QED) is 0.755. The van der Waals surface area contributed by atoms with Crippen LogP contribution in [0.25, 0.3) is 0 Å². The second-order valence-electron chi connectivity index (χ2n) is 4.20. The number of nitrogens with zero attached hydrogens (tertiary/aromatic N) is 3. The molecule has 1 atom stereocenters. The number of nitrogens with one attached hydrogen (secondary N) is 1. The van der Waals surface area contributed by atoms with E-state index in [1.807, 2.05) is 0 Å². The van der Waals surface area contributed by atoms with E-state index < -0.39 is 0 Å². The lowest BCUT2D eigenvalue weighted by molar-refractivity contribution is -0.124. The van der Waals surface area contributed by atoms with Gasteiger partial charge in [0.15, 0.2) is 0 Å². The maximum absolute atomic E-state index is 11.6. The van der Waals surface area contributed by atoms with Crippen LogP contribution in [0.1, 0.15) is 12.8 Å². The van der Waals surface area contributed by atoms with Gasteiger partial charge in [-0.05, 0) is 12.8 Å². The minimum Gasteiger partial charge on any atom is -0.384 e. The molecule has 0 aromatic carbocycles. The van der Waals surface area contributed by atoms with E-state index in [0.717, 1.165) is 25.2 Å². The number of nitrogen functional groups attached to an aromatic ring is 1. The summed E-state index contributed by atoms with van der Waals surface area (Å²) in [6.45, 7) is 1.60. The van der Waals surface area contributed by atoms with E-state index in [1.165, 1.54) is 6.33 Å². The minimum absolute atomic E-state index is 0.0324. The van der Waals surface area contributed by atoms with Crippen molar-refractivity contribution in [1.82, 2.24) is 15.3 Å². The van der Waals surface area contributed by atoms with Gasteiger partial charge in [0.1, 0.15) is 18.0 Å². The molecule has 1 amide bonds. The smallest absolute Gasteiger partial charge is 0.224 e. The van der Waals surface area contributed by atoms with Gasteiger partial charge in [-0.1, -0.05) is 0 Å². The van der Waals surface area contributed by atoms with Gasteiger partial charge in [0.05, 0.1) is 5.92 Å². The molecular formula is C11H17N5O. The Morgan fingerprint density at radius 2 is 2.41 bits per heavy atom. The Morgan fingerprint density at radius 1 is 1.59 bits per heavy atom. The summed E-state index contributed by atoms with van der Waals surface area (Å²) >= 11 is 0. The normalized spacial score (nSPS) is 20.1. The first-order chi connectivity index (χ1) is 8.20. The highest BCUT2D eigenvalue weighted by atomic mass is 16.1. The molecule has 1 saturated heterocycles. The van der Waals surface area contributed by atoms with Crippen molar-refractivity contribution < 1.29 is 4.79 Å². The van der Waals surface area contributed by atoms with Gasteiger partial charge in [-0.25, -0.2) is 9.97 Å². The molecule has 6 heteroatoms. The average molecular weight is 235 g/mol. The summed E-state index contributed by atoms with van der Waals surface area (Å²) in [7, 11) is 1.67. The van der Waals surface area contributed by atoms with Gasteiger partial charge in [-0.15, -0.1) is 0 Å². The number of amides is 1. The summed E-state index contributed by atoms with van der Waals surface area (Å²) in [5.74, 6) is 1.38. The molecule has 1 fully saturated rings. The third-order valence-corrected chi connectivity index (χ3v) is 3.04. The van der Waals surface area contributed by atoms with Crippen molar-refractivity contribution in [1.29, 1.82) is 0 Å². The molecule has 2 rings (SSSR count). The first-order valence-corrected chi connectivity index (χ1v) is 5.74. The zero-order valence-electron chi connectivity index (χ0n) is 9.89. The number of rotatable bonds is 2. The van der Waals surface area contributed by atoms with Crippen LogP contribution in [-0.2, 0) is 4.79 Å². The van der Waals surface area contributed by atoms with Crippen LogP contribution < -0.4 is 16.0 Å². The summed E-state index contributed by atoms with van der Waals surface area (Å²) in [6.07, 6.45) is 3.37. The lowest BCUT2D eigenvalue weighted by atomic mass is 9.97. The Balaban J connectivity index is 2.09. The van der Waals surface area contributed by atoms with Gasteiger partial charge in [-0.3, -0.25) is 4.79 Å². The molecule has 0 bridgehead atoms. The number of nitrogens with two attached hydrogens (primary N) is 1. The van der Waals surface area contributed by atoms with Crippen molar-refractivity contribution in [2.45, 2.75) is 12.8 Å². The predicted molar refractivity (Wildman–Crippen MR) is 65.4 cm³/mol. The van der Waals surface area contributed by atoms with E-state index >= 15 is 0 Å². The van der Waals surface area contributed by atoms with Gasteiger partial charge < -0.3 is 16.0 Å². The monoisotopic (exact) mass is 235 g/mol. The summed E-state index contributed by atoms with van der Waals surface area (Å²) in [4.78, 5) is 21.8. The number of hydrogen-bond acceptors (Lipinski definition) is 5. The molecule has 0 saturated carbocycles. The minimum atomic E-state index is 0.0324. The standard InChI is InChI=1S/C11H17N5O/c1-13-11(17)8-3-2-4-16(6-8)10-5-9(12)14-7-15-10/h5,7-8H,2-4,6H2,1H3,(H,13,17)(H2,12,14,15). The van der Waals surface area contributed by atoms with Gasteiger partial charge in [0.25, 0.3) is 0 Å². The van der Waals surface area contributed by atoms with Gasteiger partial charge in [0.2, 0.25) is 5.91 Å². The molecule has 1 aromatic rings. The molecule has 17 heavy (non-hydrogen) atoms. The molecule has 1 aliphatic heterocycles. The number of aromatic nitrogens is 2. The van der Waals surface area contributed by atoms with Crippen LogP contribution in [0.3, 0.4) is 0 Å². The van der Waals surface area contributed by atoms with Crippen molar-refractivity contribution in [3.63, 3.8) is 0 Å². The molecule has 92 valence electrons. The van der Waals surface area contributed by atoms with Crippen LogP contribution in [0.2, 0.25) is 0 Å². The Hall–Kier alpha value is -1.85. The Labute approximate surface area is 100 Å². The predicted octanol–water partition coefficient (Wildman–Crippen LogP) is 0.0212. The number of hydrogen-bond donors (Lipinski definition) is 2. The first-order valence-electron chi connectivity index (χ1n) is 5.74. The Kier molecular flexibility index (Phi) is 3.41. The van der Waals surface area contributed by atoms with E-state index in [4.69, 9.17) is 5.73 Å². The SMILES string of the molecule is CNC(=O)C1CCCN(c2cc(N)ncn2)C1. The number of carbonyl (C=O) groups excluding carboxylic acids is 1. The maximum Gasteiger partial charge on any atom is 0.224 e. The van der Waals surface area contributed by atoms with Crippen LogP contribution in [0.4, 0.5) is 11.6 Å². The van der Waals surface area contributed by atoms with E-state index in [9.17, 15) is 4.79 Å². The van der Waals surface area contributed by atoms with Crippen LogP contribution in [0.15, 0.2) is 12.4 Å². The van der Waals surface area contributed by atoms with E-state index in [2.05, 4.69) is 20.2 Å². The largest absolute Gasteiger partial charge is 0.384 e. The second-order valence-corrected chi connectivity index (χ2v) is 4.20. The van der Waals surface area contributed by atoms with Crippen molar-refractivity contribution in [2.75, 3.05) is 30.8 Å². The molecular weight excluding hydrogens is 218 g/mol. The number of piperidine rings is 1. The first kappa shape index (κ1) is 11.6. The average Bonchev–Trinajstić information content (AvgIpc) is 2.38. The fraction of sp³-hybridized carbons (Fsp3) is 0.545. The van der Waals surface area contributed by atoms with E-state index in [1.54, 1.807) is 13.1 Å². The fourth-order valence-electron chi connectivity index (χ4n) is 2.14. The molecule has 0 aliphatic carbocycles. The summed E-state index contributed by atoms with van der Waals surface area (Å²) in [6, 6.07) is 1.74. The van der Waals surface area contributed by atoms with Crippen molar-refractivity contribution in [3.8, 4) is 0 Å². The van der Waals surface area contributed by atoms with Crippen molar-refractivity contribution in [3.05, 3.63) is 12.4 Å². The molecule has 6 nitrogen and oxygen atoms in total. The summed E-state index contributed by atoms with van der Waals surface area (Å²) in [5.41, 5.74) is 5.63. The lowest BCUT2D eigenvalue weighted by Crippen LogP contribution is -2.42. The van der Waals surface area contributed by atoms with Gasteiger partial charge in [0, 0.05) is 26.2 Å². The fourth-order valence-corrected chi connectivity index (χ4v) is 2.14. The molecule has 1 unspecified atom stereocenters. The second kappa shape index (κ2) is 4.99. The highest BCUT2D eigenvalue weighted by molar-refractivity contribution is 5.79. The van der Waals surface area contributed by atoms with Crippen LogP contribution in [0, 0.1) is 5.92 Å². The number of anilines is 2. The Morgan fingerprint density at radius 3 is 3.12 bits per heavy atom. The highest BCUT2D eigenvalue weighted by Crippen LogP contribution is 2.22. The van der Waals surface area contributed by atoms with Gasteiger partial charge >= 0.3 is 0 Å². The lowest BCUT2D eigenvalue weighted by Gasteiger charge is -2.32. The van der Waals surface area contributed by atoms with Gasteiger partial charge in [-0.2, -0.15) is 0 Å². The molecule has 2 heterocycles. The number of carbonyl (C=O) groups is 1. The molecule has 0 radical (unpaired) electrons. The molecule has 0 spiro atoms. The summed E-state index contributed by atoms with van der Waals surface area (Å²) < 4.78 is 0. The third-order valence-electron chi connectivity index (χ3n) is 3.04. The van der Waals surface area contributed by atoms with E-state index in [-0.39, 0.29) is 11.8 Å². The zero-order chi connectivity index (χ0) is 12.3. The van der Waals surface area contributed by atoms with E-state index in [0.29, 0.717) is 12.4 Å². The molecule has 3 N–H and O–H groups in total. The molecule has 1 aliphatic rings.